The van der Waals surface area contributed by atoms with E-state index in [9.17, 15) is 17.6 Å². The number of sulfone groups is 1. The highest BCUT2D eigenvalue weighted by atomic mass is 32.2. The van der Waals surface area contributed by atoms with Gasteiger partial charge in [0.05, 0.1) is 12.0 Å². The molecule has 2 aromatic rings. The van der Waals surface area contributed by atoms with Gasteiger partial charge in [-0.1, -0.05) is 6.07 Å². The predicted octanol–water partition coefficient (Wildman–Crippen LogP) is 2.71. The van der Waals surface area contributed by atoms with Crippen LogP contribution in [-0.4, -0.2) is 20.6 Å². The molecule has 1 amide bonds. The number of rotatable bonds is 5. The summed E-state index contributed by atoms with van der Waals surface area (Å²) < 4.78 is 41.6. The lowest BCUT2D eigenvalue weighted by Crippen LogP contribution is -2.15. The number of halogens is 1. The molecule has 1 aromatic heterocycles. The summed E-state index contributed by atoms with van der Waals surface area (Å²) in [6.07, 6.45) is 3.32. The van der Waals surface area contributed by atoms with Crippen LogP contribution in [0.2, 0.25) is 0 Å². The zero-order valence-corrected chi connectivity index (χ0v) is 13.3. The first-order valence-electron chi connectivity index (χ1n) is 7.14. The van der Waals surface area contributed by atoms with Gasteiger partial charge in [0.2, 0.25) is 5.91 Å². The minimum Gasteiger partial charge on any atom is -0.469 e. The van der Waals surface area contributed by atoms with E-state index in [1.807, 2.05) is 6.07 Å². The van der Waals surface area contributed by atoms with Gasteiger partial charge in [-0.25, -0.2) is 12.8 Å². The summed E-state index contributed by atoms with van der Waals surface area (Å²) in [6, 6.07) is 7.63. The topological polar surface area (TPSA) is 76.4 Å². The van der Waals surface area contributed by atoms with Crippen molar-refractivity contribution in [1.29, 1.82) is 0 Å². The van der Waals surface area contributed by atoms with Crippen molar-refractivity contribution in [2.24, 2.45) is 5.92 Å². The van der Waals surface area contributed by atoms with E-state index in [2.05, 4.69) is 5.32 Å². The van der Waals surface area contributed by atoms with Gasteiger partial charge in [-0.15, -0.1) is 0 Å². The molecule has 0 aliphatic heterocycles. The third-order valence-electron chi connectivity index (χ3n) is 3.77. The van der Waals surface area contributed by atoms with Gasteiger partial charge >= 0.3 is 0 Å². The summed E-state index contributed by atoms with van der Waals surface area (Å²) in [5, 5.41) is 2.66. The van der Waals surface area contributed by atoms with Gasteiger partial charge in [-0.3, -0.25) is 4.79 Å². The third kappa shape index (κ3) is 3.79. The van der Waals surface area contributed by atoms with Crippen LogP contribution in [-0.2, 0) is 20.4 Å². The lowest BCUT2D eigenvalue weighted by Gasteiger charge is -2.07. The molecule has 1 aliphatic rings. The Bertz CT molecular complexity index is 830. The minimum atomic E-state index is -3.31. The zero-order chi connectivity index (χ0) is 16.6. The van der Waals surface area contributed by atoms with Crippen molar-refractivity contribution in [1.82, 2.24) is 0 Å². The fourth-order valence-electron chi connectivity index (χ4n) is 2.56. The van der Waals surface area contributed by atoms with Gasteiger partial charge in [-0.2, -0.15) is 0 Å². The molecule has 122 valence electrons. The Labute approximate surface area is 133 Å². The second-order valence-corrected chi connectivity index (χ2v) is 7.97. The van der Waals surface area contributed by atoms with E-state index in [0.29, 0.717) is 12.1 Å². The first-order valence-corrected chi connectivity index (χ1v) is 9.20. The molecule has 0 spiro atoms. The Morgan fingerprint density at radius 1 is 1.39 bits per heavy atom. The quantitative estimate of drug-likeness (QED) is 0.910. The largest absolute Gasteiger partial charge is 0.469 e. The SMILES string of the molecule is CS(=O)(=O)Cc1ccc(NC(=O)C2CC2c2ccco2)cc1F. The maximum absolute atomic E-state index is 13.9. The van der Waals surface area contributed by atoms with Crippen LogP contribution in [0, 0.1) is 11.7 Å². The number of benzene rings is 1. The molecule has 1 N–H and O–H groups in total. The number of anilines is 1. The molecular weight excluding hydrogens is 321 g/mol. The molecule has 0 saturated heterocycles. The second-order valence-electron chi connectivity index (χ2n) is 5.83. The number of furan rings is 1. The molecule has 0 radical (unpaired) electrons. The van der Waals surface area contributed by atoms with Gasteiger partial charge in [0.15, 0.2) is 9.84 Å². The van der Waals surface area contributed by atoms with E-state index in [-0.39, 0.29) is 29.1 Å². The Morgan fingerprint density at radius 2 is 2.17 bits per heavy atom. The number of nitrogens with one attached hydrogen (secondary N) is 1. The van der Waals surface area contributed by atoms with Crippen molar-refractivity contribution in [3.05, 3.63) is 53.7 Å². The average Bonchev–Trinajstić information content (AvgIpc) is 3.07. The lowest BCUT2D eigenvalue weighted by atomic mass is 10.2. The van der Waals surface area contributed by atoms with Crippen LogP contribution in [0.4, 0.5) is 10.1 Å². The molecule has 5 nitrogen and oxygen atoms in total. The Hall–Kier alpha value is -2.15. The van der Waals surface area contributed by atoms with E-state index >= 15 is 0 Å². The molecule has 2 atom stereocenters. The van der Waals surface area contributed by atoms with Crippen molar-refractivity contribution in [2.75, 3.05) is 11.6 Å². The molecule has 1 aliphatic carbocycles. The molecule has 0 bridgehead atoms. The van der Waals surface area contributed by atoms with Crippen molar-refractivity contribution < 1.29 is 22.0 Å². The maximum atomic E-state index is 13.9. The van der Waals surface area contributed by atoms with Crippen LogP contribution in [0.1, 0.15) is 23.7 Å². The smallest absolute Gasteiger partial charge is 0.228 e. The number of carbonyl (C=O) groups excluding carboxylic acids is 1. The van der Waals surface area contributed by atoms with Gasteiger partial charge in [0, 0.05) is 29.3 Å². The highest BCUT2D eigenvalue weighted by molar-refractivity contribution is 7.89. The summed E-state index contributed by atoms with van der Waals surface area (Å²) >= 11 is 0. The zero-order valence-electron chi connectivity index (χ0n) is 12.5. The number of hydrogen-bond donors (Lipinski definition) is 1. The second kappa shape index (κ2) is 5.81. The first-order chi connectivity index (χ1) is 10.8. The molecule has 23 heavy (non-hydrogen) atoms. The first kappa shape index (κ1) is 15.7. The molecule has 1 saturated carbocycles. The van der Waals surface area contributed by atoms with Crippen LogP contribution < -0.4 is 5.32 Å². The van der Waals surface area contributed by atoms with Crippen LogP contribution in [0.3, 0.4) is 0 Å². The highest BCUT2D eigenvalue weighted by Gasteiger charge is 2.45. The van der Waals surface area contributed by atoms with E-state index in [4.69, 9.17) is 4.42 Å². The summed E-state index contributed by atoms with van der Waals surface area (Å²) in [4.78, 5) is 12.1. The Kier molecular flexibility index (Phi) is 3.97. The van der Waals surface area contributed by atoms with E-state index in [1.165, 1.54) is 12.1 Å². The fraction of sp³-hybridized carbons (Fsp3) is 0.312. The van der Waals surface area contributed by atoms with Crippen LogP contribution in [0.5, 0.6) is 0 Å². The number of hydrogen-bond acceptors (Lipinski definition) is 4. The molecule has 1 aromatic carbocycles. The highest BCUT2D eigenvalue weighted by Crippen LogP contribution is 2.48. The number of amides is 1. The molecular formula is C16H16FNO4S. The Balaban J connectivity index is 1.65. The van der Waals surface area contributed by atoms with Crippen LogP contribution in [0.15, 0.2) is 41.0 Å². The number of carbonyl (C=O) groups is 1. The molecule has 1 heterocycles. The monoisotopic (exact) mass is 337 g/mol. The predicted molar refractivity (Wildman–Crippen MR) is 83.1 cm³/mol. The molecule has 2 unspecified atom stereocenters. The lowest BCUT2D eigenvalue weighted by molar-refractivity contribution is -0.117. The van der Waals surface area contributed by atoms with E-state index < -0.39 is 15.7 Å². The molecule has 3 rings (SSSR count). The summed E-state index contributed by atoms with van der Waals surface area (Å²) in [6.45, 7) is 0. The fourth-order valence-corrected chi connectivity index (χ4v) is 3.36. The van der Waals surface area contributed by atoms with Gasteiger partial charge in [-0.05, 0) is 30.7 Å². The summed E-state index contributed by atoms with van der Waals surface area (Å²) in [5.74, 6) is -0.539. The van der Waals surface area contributed by atoms with Crippen molar-refractivity contribution in [3.8, 4) is 0 Å². The van der Waals surface area contributed by atoms with E-state index in [1.54, 1.807) is 12.3 Å². The third-order valence-corrected chi connectivity index (χ3v) is 4.61. The maximum Gasteiger partial charge on any atom is 0.228 e. The van der Waals surface area contributed by atoms with Gasteiger partial charge in [0.1, 0.15) is 11.6 Å². The van der Waals surface area contributed by atoms with Crippen molar-refractivity contribution >= 4 is 21.4 Å². The average molecular weight is 337 g/mol. The normalized spacial score (nSPS) is 20.3. The van der Waals surface area contributed by atoms with Crippen LogP contribution in [0.25, 0.3) is 0 Å². The van der Waals surface area contributed by atoms with E-state index in [0.717, 1.165) is 18.1 Å². The van der Waals surface area contributed by atoms with Gasteiger partial charge in [0.25, 0.3) is 0 Å². The standard InChI is InChI=1S/C16H16FNO4S/c1-23(20,21)9-10-4-5-11(7-14(10)17)18-16(19)13-8-12(13)15-3-2-6-22-15/h2-7,12-13H,8-9H2,1H3,(H,18,19). The Morgan fingerprint density at radius 3 is 2.78 bits per heavy atom. The van der Waals surface area contributed by atoms with Crippen LogP contribution >= 0.6 is 0 Å². The minimum absolute atomic E-state index is 0.0688. The molecule has 7 heteroatoms. The van der Waals surface area contributed by atoms with Crippen molar-refractivity contribution in [3.63, 3.8) is 0 Å². The summed E-state index contributed by atoms with van der Waals surface area (Å²) in [7, 11) is -3.31. The molecule has 1 fully saturated rings. The van der Waals surface area contributed by atoms with Crippen molar-refractivity contribution in [2.45, 2.75) is 18.1 Å². The summed E-state index contributed by atoms with van der Waals surface area (Å²) in [5.41, 5.74) is 0.403. The van der Waals surface area contributed by atoms with Gasteiger partial charge < -0.3 is 9.73 Å².